The molecule has 1 N–H and O–H groups in total. The Bertz CT molecular complexity index is 231. The number of rotatable bonds is 2. The average Bonchev–Trinajstić information content (AvgIpc) is 2.37. The zero-order chi connectivity index (χ0) is 9.19. The van der Waals surface area contributed by atoms with E-state index in [9.17, 15) is 13.2 Å². The topological polar surface area (TPSA) is 24.9 Å². The number of nitrogens with zero attached hydrogens (tertiary/aromatic N) is 1. The quantitative estimate of drug-likeness (QED) is 0.786. The minimum Gasteiger partial charge on any atom is -0.350 e. The second kappa shape index (κ2) is 3.30. The van der Waals surface area contributed by atoms with Crippen LogP contribution in [0.2, 0.25) is 0 Å². The predicted molar refractivity (Wildman–Crippen MR) is 41.3 cm³/mol. The minimum absolute atomic E-state index is 0.292. The van der Waals surface area contributed by atoms with E-state index in [1.165, 1.54) is 6.20 Å². The molecule has 0 aliphatic heterocycles. The van der Waals surface area contributed by atoms with Gasteiger partial charge in [0.25, 0.3) is 0 Å². The molecule has 1 aromatic heterocycles. The van der Waals surface area contributed by atoms with Crippen molar-refractivity contribution in [3.8, 4) is 0 Å². The van der Waals surface area contributed by atoms with Crippen molar-refractivity contribution in [3.63, 3.8) is 0 Å². The van der Waals surface area contributed by atoms with Crippen LogP contribution in [-0.2, 0) is 0 Å². The third kappa shape index (κ3) is 2.37. The summed E-state index contributed by atoms with van der Waals surface area (Å²) >= 11 is 1.15. The fourth-order valence-electron chi connectivity index (χ4n) is 0.562. The molecule has 0 aromatic carbocycles. The first-order valence-corrected chi connectivity index (χ1v) is 4.11. The molecular formula is C6H7F3N2S. The molecule has 0 amide bonds. The molecule has 1 unspecified atom stereocenters. The molecule has 68 valence electrons. The number of hydrogen-bond donors (Lipinski definition) is 1. The van der Waals surface area contributed by atoms with Gasteiger partial charge in [-0.15, -0.1) is 11.3 Å². The normalized spacial score (nSPS) is 14.3. The van der Waals surface area contributed by atoms with Gasteiger partial charge in [0.1, 0.15) is 6.04 Å². The van der Waals surface area contributed by atoms with Crippen LogP contribution in [0.25, 0.3) is 0 Å². The van der Waals surface area contributed by atoms with Crippen LogP contribution >= 0.6 is 11.3 Å². The van der Waals surface area contributed by atoms with Crippen molar-refractivity contribution in [1.29, 1.82) is 0 Å². The van der Waals surface area contributed by atoms with Crippen LogP contribution in [0.5, 0.6) is 0 Å². The molecule has 0 spiro atoms. The molecule has 1 atom stereocenters. The number of hydrogen-bond acceptors (Lipinski definition) is 3. The van der Waals surface area contributed by atoms with Gasteiger partial charge in [0.2, 0.25) is 0 Å². The van der Waals surface area contributed by atoms with Gasteiger partial charge in [0, 0.05) is 11.6 Å². The maximum atomic E-state index is 12.0. The Hall–Kier alpha value is -0.780. The SMILES string of the molecule is CC(Nc1nccs1)C(F)(F)F. The molecule has 0 fully saturated rings. The fourth-order valence-corrected chi connectivity index (χ4v) is 1.18. The maximum absolute atomic E-state index is 12.0. The number of anilines is 1. The van der Waals surface area contributed by atoms with Gasteiger partial charge in [-0.3, -0.25) is 0 Å². The highest BCUT2D eigenvalue weighted by Crippen LogP contribution is 2.23. The molecule has 0 saturated carbocycles. The lowest BCUT2D eigenvalue weighted by Crippen LogP contribution is -2.32. The second-order valence-electron chi connectivity index (χ2n) is 2.24. The zero-order valence-corrected chi connectivity index (χ0v) is 7.04. The summed E-state index contributed by atoms with van der Waals surface area (Å²) in [6.07, 6.45) is -2.76. The Morgan fingerprint density at radius 3 is 2.67 bits per heavy atom. The first-order chi connectivity index (χ1) is 5.50. The molecule has 1 rings (SSSR count). The number of alkyl halides is 3. The van der Waals surface area contributed by atoms with Gasteiger partial charge in [0.05, 0.1) is 0 Å². The van der Waals surface area contributed by atoms with Crippen molar-refractivity contribution in [1.82, 2.24) is 4.98 Å². The lowest BCUT2D eigenvalue weighted by Gasteiger charge is -2.15. The molecule has 1 aromatic rings. The summed E-state index contributed by atoms with van der Waals surface area (Å²) in [5.41, 5.74) is 0. The minimum atomic E-state index is -4.22. The molecule has 0 aliphatic carbocycles. The highest BCUT2D eigenvalue weighted by Gasteiger charge is 2.36. The van der Waals surface area contributed by atoms with E-state index < -0.39 is 12.2 Å². The van der Waals surface area contributed by atoms with Crippen molar-refractivity contribution in [3.05, 3.63) is 11.6 Å². The Morgan fingerprint density at radius 2 is 2.25 bits per heavy atom. The zero-order valence-electron chi connectivity index (χ0n) is 6.22. The summed E-state index contributed by atoms with van der Waals surface area (Å²) in [5.74, 6) is 0. The highest BCUT2D eigenvalue weighted by atomic mass is 32.1. The van der Waals surface area contributed by atoms with E-state index in [4.69, 9.17) is 0 Å². The molecule has 2 nitrogen and oxygen atoms in total. The summed E-state index contributed by atoms with van der Waals surface area (Å²) in [7, 11) is 0. The van der Waals surface area contributed by atoms with Gasteiger partial charge >= 0.3 is 6.18 Å². The van der Waals surface area contributed by atoms with Gasteiger partial charge < -0.3 is 5.32 Å². The van der Waals surface area contributed by atoms with E-state index in [-0.39, 0.29) is 0 Å². The molecule has 6 heteroatoms. The number of thiazole rings is 1. The van der Waals surface area contributed by atoms with E-state index >= 15 is 0 Å². The van der Waals surface area contributed by atoms with Crippen molar-refractivity contribution in [2.45, 2.75) is 19.1 Å². The molecule has 12 heavy (non-hydrogen) atoms. The van der Waals surface area contributed by atoms with Gasteiger partial charge in [-0.25, -0.2) is 4.98 Å². The Kier molecular flexibility index (Phi) is 2.56. The van der Waals surface area contributed by atoms with Crippen LogP contribution in [0.3, 0.4) is 0 Å². The molecule has 0 aliphatic rings. The summed E-state index contributed by atoms with van der Waals surface area (Å²) < 4.78 is 35.9. The number of halogens is 3. The lowest BCUT2D eigenvalue weighted by atomic mass is 10.3. The monoisotopic (exact) mass is 196 g/mol. The molecule has 0 radical (unpaired) electrons. The van der Waals surface area contributed by atoms with Crippen molar-refractivity contribution >= 4 is 16.5 Å². The van der Waals surface area contributed by atoms with Crippen LogP contribution in [0.15, 0.2) is 11.6 Å². The number of nitrogens with one attached hydrogen (secondary N) is 1. The number of aromatic nitrogens is 1. The van der Waals surface area contributed by atoms with Gasteiger partial charge in [-0.1, -0.05) is 0 Å². The summed E-state index contributed by atoms with van der Waals surface area (Å²) in [4.78, 5) is 3.68. The molecule has 0 bridgehead atoms. The van der Waals surface area contributed by atoms with Crippen LogP contribution in [0, 0.1) is 0 Å². The second-order valence-corrected chi connectivity index (χ2v) is 3.14. The Labute approximate surface area is 71.4 Å². The van der Waals surface area contributed by atoms with Crippen LogP contribution < -0.4 is 5.32 Å². The van der Waals surface area contributed by atoms with E-state index in [1.54, 1.807) is 5.38 Å². The molecule has 0 saturated heterocycles. The van der Waals surface area contributed by atoms with Gasteiger partial charge in [-0.2, -0.15) is 13.2 Å². The van der Waals surface area contributed by atoms with Crippen molar-refractivity contribution in [2.75, 3.05) is 5.32 Å². The third-order valence-electron chi connectivity index (χ3n) is 1.26. The van der Waals surface area contributed by atoms with E-state index in [2.05, 4.69) is 10.3 Å². The van der Waals surface area contributed by atoms with E-state index in [0.717, 1.165) is 18.3 Å². The summed E-state index contributed by atoms with van der Waals surface area (Å²) in [6.45, 7) is 1.06. The van der Waals surface area contributed by atoms with Crippen molar-refractivity contribution in [2.24, 2.45) is 0 Å². The van der Waals surface area contributed by atoms with Crippen LogP contribution in [0.4, 0.5) is 18.3 Å². The van der Waals surface area contributed by atoms with E-state index in [1.807, 2.05) is 0 Å². The molecule has 1 heterocycles. The molecular weight excluding hydrogens is 189 g/mol. The first kappa shape index (κ1) is 9.31. The van der Waals surface area contributed by atoms with Crippen LogP contribution in [0.1, 0.15) is 6.92 Å². The van der Waals surface area contributed by atoms with E-state index in [0.29, 0.717) is 5.13 Å². The average molecular weight is 196 g/mol. The predicted octanol–water partition coefficient (Wildman–Crippen LogP) is 2.51. The Morgan fingerprint density at radius 1 is 1.58 bits per heavy atom. The summed E-state index contributed by atoms with van der Waals surface area (Å²) in [6, 6.07) is -1.55. The fraction of sp³-hybridized carbons (Fsp3) is 0.500. The largest absolute Gasteiger partial charge is 0.408 e. The first-order valence-electron chi connectivity index (χ1n) is 3.23. The Balaban J connectivity index is 2.53. The highest BCUT2D eigenvalue weighted by molar-refractivity contribution is 7.13. The maximum Gasteiger partial charge on any atom is 0.408 e. The smallest absolute Gasteiger partial charge is 0.350 e. The summed E-state index contributed by atoms with van der Waals surface area (Å²) in [5, 5.41) is 4.15. The van der Waals surface area contributed by atoms with Gasteiger partial charge in [0.15, 0.2) is 5.13 Å². The van der Waals surface area contributed by atoms with Crippen molar-refractivity contribution < 1.29 is 13.2 Å². The van der Waals surface area contributed by atoms with Crippen LogP contribution in [-0.4, -0.2) is 17.2 Å². The third-order valence-corrected chi connectivity index (χ3v) is 1.97. The lowest BCUT2D eigenvalue weighted by molar-refractivity contribution is -0.138. The standard InChI is InChI=1S/C6H7F3N2S/c1-4(6(7,8)9)11-5-10-2-3-12-5/h2-4H,1H3,(H,10,11). The van der Waals surface area contributed by atoms with Gasteiger partial charge in [-0.05, 0) is 6.92 Å².